The Morgan fingerprint density at radius 1 is 0.875 bits per heavy atom. The molecule has 0 atom stereocenters. The fourth-order valence-corrected chi connectivity index (χ4v) is 2.63. The molecule has 0 aliphatic carbocycles. The van der Waals surface area contributed by atoms with Crippen molar-refractivity contribution in [2.24, 2.45) is 0 Å². The molecule has 5 heteroatoms. The van der Waals surface area contributed by atoms with Crippen LogP contribution in [0.15, 0.2) is 67.0 Å². The minimum atomic E-state index is 0.263. The third-order valence-corrected chi connectivity index (χ3v) is 3.72. The fourth-order valence-electron chi connectivity index (χ4n) is 2.63. The van der Waals surface area contributed by atoms with Gasteiger partial charge in [0.1, 0.15) is 5.65 Å². The van der Waals surface area contributed by atoms with Crippen molar-refractivity contribution in [2.75, 3.05) is 5.73 Å². The van der Waals surface area contributed by atoms with Crippen molar-refractivity contribution >= 4 is 23.7 Å². The number of hydrogen-bond acceptors (Lipinski definition) is 4. The Hall–Kier alpha value is -3.47. The van der Waals surface area contributed by atoms with Gasteiger partial charge < -0.3 is 5.73 Å². The molecule has 0 unspecified atom stereocenters. The van der Waals surface area contributed by atoms with E-state index in [0.29, 0.717) is 0 Å². The van der Waals surface area contributed by atoms with Gasteiger partial charge in [-0.05, 0) is 30.4 Å². The molecule has 0 aliphatic rings. The second kappa shape index (κ2) is 5.96. The average Bonchev–Trinajstić information content (AvgIpc) is 2.99. The van der Waals surface area contributed by atoms with Crippen LogP contribution in [0.25, 0.3) is 29.1 Å². The summed E-state index contributed by atoms with van der Waals surface area (Å²) in [7, 11) is 0. The lowest BCUT2D eigenvalue weighted by atomic mass is 10.1. The van der Waals surface area contributed by atoms with Gasteiger partial charge in [-0.2, -0.15) is 0 Å². The number of anilines is 1. The van der Waals surface area contributed by atoms with Gasteiger partial charge in [0.2, 0.25) is 5.95 Å². The van der Waals surface area contributed by atoms with Crippen molar-refractivity contribution in [1.82, 2.24) is 19.4 Å². The molecule has 0 aliphatic heterocycles. The van der Waals surface area contributed by atoms with E-state index in [1.165, 1.54) is 0 Å². The largest absolute Gasteiger partial charge is 0.368 e. The Morgan fingerprint density at radius 3 is 2.54 bits per heavy atom. The molecular weight excluding hydrogens is 298 g/mol. The Morgan fingerprint density at radius 2 is 1.71 bits per heavy atom. The normalized spacial score (nSPS) is 11.3. The summed E-state index contributed by atoms with van der Waals surface area (Å²) < 4.78 is 2.06. The first-order valence-corrected chi connectivity index (χ1v) is 7.60. The average molecular weight is 313 g/mol. The zero-order chi connectivity index (χ0) is 16.4. The minimum absolute atomic E-state index is 0.263. The Kier molecular flexibility index (Phi) is 3.51. The highest BCUT2D eigenvalue weighted by molar-refractivity contribution is 5.79. The molecule has 0 amide bonds. The molecule has 24 heavy (non-hydrogen) atoms. The number of hydrogen-bond donors (Lipinski definition) is 1. The Labute approximate surface area is 139 Å². The van der Waals surface area contributed by atoms with Gasteiger partial charge in [0.15, 0.2) is 0 Å². The van der Waals surface area contributed by atoms with Crippen LogP contribution in [-0.4, -0.2) is 19.4 Å². The van der Waals surface area contributed by atoms with Gasteiger partial charge in [0, 0.05) is 18.0 Å². The number of benzene rings is 1. The number of nitrogens with two attached hydrogens (primary N) is 1. The quantitative estimate of drug-likeness (QED) is 0.628. The van der Waals surface area contributed by atoms with E-state index in [-0.39, 0.29) is 5.95 Å². The van der Waals surface area contributed by atoms with E-state index in [4.69, 9.17) is 10.7 Å². The van der Waals surface area contributed by atoms with Gasteiger partial charge in [-0.15, -0.1) is 0 Å². The van der Waals surface area contributed by atoms with E-state index in [2.05, 4.69) is 26.5 Å². The van der Waals surface area contributed by atoms with Crippen molar-refractivity contribution in [2.45, 2.75) is 0 Å². The van der Waals surface area contributed by atoms with Crippen LogP contribution in [0, 0.1) is 0 Å². The first-order chi connectivity index (χ1) is 11.8. The van der Waals surface area contributed by atoms with Gasteiger partial charge in [-0.1, -0.05) is 36.4 Å². The lowest BCUT2D eigenvalue weighted by Crippen LogP contribution is -1.94. The van der Waals surface area contributed by atoms with Crippen molar-refractivity contribution in [3.05, 3.63) is 78.4 Å². The van der Waals surface area contributed by atoms with Crippen LogP contribution in [0.1, 0.15) is 11.4 Å². The highest BCUT2D eigenvalue weighted by Gasteiger charge is 2.11. The zero-order valence-electron chi connectivity index (χ0n) is 12.9. The number of fused-ring (bicyclic) bond motifs is 1. The van der Waals surface area contributed by atoms with Crippen molar-refractivity contribution in [3.8, 4) is 11.3 Å². The van der Waals surface area contributed by atoms with Crippen LogP contribution >= 0.6 is 0 Å². The number of imidazole rings is 1. The number of nitrogen functional groups attached to an aromatic ring is 1. The molecule has 0 radical (unpaired) electrons. The molecule has 0 saturated carbocycles. The predicted octanol–water partition coefficient (Wildman–Crippen LogP) is 3.54. The number of pyridine rings is 1. The molecule has 0 saturated heterocycles. The molecule has 116 valence electrons. The summed E-state index contributed by atoms with van der Waals surface area (Å²) in [6.45, 7) is 0. The summed E-state index contributed by atoms with van der Waals surface area (Å²) in [4.78, 5) is 12.9. The maximum Gasteiger partial charge on any atom is 0.220 e. The van der Waals surface area contributed by atoms with E-state index in [0.717, 1.165) is 28.3 Å². The summed E-state index contributed by atoms with van der Waals surface area (Å²) >= 11 is 0. The first kappa shape index (κ1) is 14.1. The maximum atomic E-state index is 5.65. The van der Waals surface area contributed by atoms with Crippen molar-refractivity contribution in [1.29, 1.82) is 0 Å². The summed E-state index contributed by atoms with van der Waals surface area (Å²) in [5, 5.41) is 0. The van der Waals surface area contributed by atoms with Crippen molar-refractivity contribution in [3.63, 3.8) is 0 Å². The summed E-state index contributed by atoms with van der Waals surface area (Å²) in [6.07, 6.45) is 7.57. The van der Waals surface area contributed by atoms with Gasteiger partial charge in [-0.25, -0.2) is 15.0 Å². The number of nitrogens with zero attached hydrogens (tertiary/aromatic N) is 4. The van der Waals surface area contributed by atoms with E-state index in [1.807, 2.05) is 60.8 Å². The molecular formula is C19H15N5. The second-order valence-electron chi connectivity index (χ2n) is 5.31. The van der Waals surface area contributed by atoms with Crippen LogP contribution in [-0.2, 0) is 0 Å². The predicted molar refractivity (Wildman–Crippen MR) is 96.0 cm³/mol. The van der Waals surface area contributed by atoms with Crippen LogP contribution in [0.2, 0.25) is 0 Å². The van der Waals surface area contributed by atoms with Crippen LogP contribution in [0.4, 0.5) is 5.95 Å². The molecule has 4 aromatic rings. The third kappa shape index (κ3) is 2.63. The highest BCUT2D eigenvalue weighted by Crippen LogP contribution is 2.25. The monoisotopic (exact) mass is 313 g/mol. The topological polar surface area (TPSA) is 69.1 Å². The van der Waals surface area contributed by atoms with Gasteiger partial charge in [0.25, 0.3) is 0 Å². The Bertz CT molecular complexity index is 1020. The molecule has 1 aromatic carbocycles. The molecule has 5 nitrogen and oxygen atoms in total. The first-order valence-electron chi connectivity index (χ1n) is 7.60. The van der Waals surface area contributed by atoms with E-state index in [9.17, 15) is 0 Å². The van der Waals surface area contributed by atoms with Gasteiger partial charge >= 0.3 is 0 Å². The molecule has 3 aromatic heterocycles. The lowest BCUT2D eigenvalue weighted by Gasteiger charge is -2.01. The van der Waals surface area contributed by atoms with Crippen LogP contribution < -0.4 is 5.73 Å². The van der Waals surface area contributed by atoms with E-state index >= 15 is 0 Å². The molecule has 0 spiro atoms. The van der Waals surface area contributed by atoms with Crippen LogP contribution in [0.5, 0.6) is 0 Å². The summed E-state index contributed by atoms with van der Waals surface area (Å²) in [5.74, 6) is 0.263. The smallest absolute Gasteiger partial charge is 0.220 e. The second-order valence-corrected chi connectivity index (χ2v) is 5.31. The summed E-state index contributed by atoms with van der Waals surface area (Å²) in [6, 6.07) is 17.9. The van der Waals surface area contributed by atoms with Crippen LogP contribution in [0.3, 0.4) is 0 Å². The molecule has 2 N–H and O–H groups in total. The maximum absolute atomic E-state index is 5.65. The standard InChI is InChI=1S/C19H15N5/c20-19-21-12-11-15(22-19)9-10-16-18(14-6-2-1-3-7-14)23-17-8-4-5-13-24(16)17/h1-13H,(H2,20,21,22)/b10-9+. The fraction of sp³-hybridized carbons (Fsp3) is 0. The SMILES string of the molecule is Nc1nccc(/C=C/c2c(-c3ccccc3)nc3ccccn23)n1. The number of rotatable bonds is 3. The molecule has 4 rings (SSSR count). The summed E-state index contributed by atoms with van der Waals surface area (Å²) in [5.41, 5.74) is 10.3. The van der Waals surface area contributed by atoms with Gasteiger partial charge in [-0.3, -0.25) is 4.40 Å². The molecule has 0 bridgehead atoms. The highest BCUT2D eigenvalue weighted by atomic mass is 15.0. The molecule has 3 heterocycles. The van der Waals surface area contributed by atoms with Gasteiger partial charge in [0.05, 0.1) is 17.1 Å². The Balaban J connectivity index is 1.87. The number of aromatic nitrogens is 4. The molecule has 0 fully saturated rings. The van der Waals surface area contributed by atoms with Crippen molar-refractivity contribution < 1.29 is 0 Å². The van der Waals surface area contributed by atoms with E-state index < -0.39 is 0 Å². The lowest BCUT2D eigenvalue weighted by molar-refractivity contribution is 1.16. The van der Waals surface area contributed by atoms with E-state index in [1.54, 1.807) is 6.20 Å². The minimum Gasteiger partial charge on any atom is -0.368 e. The zero-order valence-corrected chi connectivity index (χ0v) is 12.9. The third-order valence-electron chi connectivity index (χ3n) is 3.72.